The van der Waals surface area contributed by atoms with Crippen LogP contribution < -0.4 is 26.0 Å². The second-order valence-electron chi connectivity index (χ2n) is 13.4. The number of hydrogen-bond donors (Lipinski definition) is 0. The first-order valence-corrected chi connectivity index (χ1v) is 20.4. The molecule has 304 valence electrons. The predicted molar refractivity (Wildman–Crippen MR) is 203 cm³/mol. The van der Waals surface area contributed by atoms with Crippen LogP contribution in [0.1, 0.15) is 11.9 Å². The van der Waals surface area contributed by atoms with Gasteiger partial charge in [0.15, 0.2) is 12.4 Å². The van der Waals surface area contributed by atoms with Gasteiger partial charge in [0.2, 0.25) is 6.29 Å². The highest BCUT2D eigenvalue weighted by Gasteiger charge is 2.54. The molecule has 6 nitrogen and oxygen atoms in total. The predicted octanol–water partition coefficient (Wildman–Crippen LogP) is 8.88. The van der Waals surface area contributed by atoms with Gasteiger partial charge in [-0.25, -0.2) is 35.1 Å². The number of halogens is 8. The molecule has 0 saturated carbocycles. The molecule has 59 heavy (non-hydrogen) atoms. The molecule has 2 saturated heterocycles. The minimum atomic E-state index is -2.62. The Morgan fingerprint density at radius 3 is 1.27 bits per heavy atom. The summed E-state index contributed by atoms with van der Waals surface area (Å²) in [5.41, 5.74) is 0.569. The molecule has 6 aromatic rings. The van der Waals surface area contributed by atoms with E-state index in [1.165, 1.54) is 0 Å². The van der Waals surface area contributed by atoms with Gasteiger partial charge in [-0.2, -0.15) is 0 Å². The van der Waals surface area contributed by atoms with Gasteiger partial charge < -0.3 is 28.0 Å². The first kappa shape index (κ1) is 41.0. The maximum atomic E-state index is 14.9. The molecule has 6 unspecified atom stereocenters. The van der Waals surface area contributed by atoms with E-state index in [1.807, 2.05) is 0 Å². The Balaban J connectivity index is 1.32. The largest absolute Gasteiger partial charge is 0.462 e. The topological polar surface area (TPSA) is 55.4 Å². The van der Waals surface area contributed by atoms with Crippen LogP contribution in [0.4, 0.5) is 35.1 Å². The Labute approximate surface area is 334 Å². The third-order valence-electron chi connectivity index (χ3n) is 9.13. The van der Waals surface area contributed by atoms with Gasteiger partial charge in [-0.15, -0.1) is 0 Å². The van der Waals surface area contributed by atoms with Gasteiger partial charge in [-0.3, -0.25) is 0 Å². The van der Waals surface area contributed by atoms with Crippen LogP contribution in [0, 0.1) is 46.5 Å². The quantitative estimate of drug-likeness (QED) is 0.0960. The number of fused-ring (bicyclic) bond motifs is 1. The van der Waals surface area contributed by atoms with Gasteiger partial charge in [-0.05, 0) is 60.7 Å². The Kier molecular flexibility index (Phi) is 12.4. The molecular formula is C43H30F8O6P2. The molecule has 0 amide bonds. The average molecular weight is 857 g/mol. The van der Waals surface area contributed by atoms with Crippen molar-refractivity contribution < 1.29 is 63.1 Å². The summed E-state index contributed by atoms with van der Waals surface area (Å²) in [5.74, 6) is -7.95. The lowest BCUT2D eigenvalue weighted by atomic mass is 9.98. The smallest absolute Gasteiger partial charge is 0.229 e. The minimum Gasteiger partial charge on any atom is -0.462 e. The van der Waals surface area contributed by atoms with E-state index in [0.717, 1.165) is 48.5 Å². The third kappa shape index (κ3) is 9.66. The molecule has 16 heteroatoms. The molecule has 0 bridgehead atoms. The second kappa shape index (κ2) is 17.8. The zero-order valence-corrected chi connectivity index (χ0v) is 32.0. The molecule has 0 radical (unpaired) electrons. The Morgan fingerprint density at radius 2 is 0.847 bits per heavy atom. The summed E-state index contributed by atoms with van der Waals surface area (Å²) >= 11 is 0. The number of rotatable bonds is 11. The molecule has 0 N–H and O–H groups in total. The van der Waals surface area contributed by atoms with Crippen molar-refractivity contribution in [3.8, 4) is 5.75 Å². The number of para-hydroxylation sites is 1. The van der Waals surface area contributed by atoms with Crippen LogP contribution in [-0.2, 0) is 23.3 Å². The molecule has 2 fully saturated rings. The van der Waals surface area contributed by atoms with Crippen molar-refractivity contribution in [1.82, 2.24) is 0 Å². The molecule has 0 spiro atoms. The fourth-order valence-corrected chi connectivity index (χ4v) is 10.7. The van der Waals surface area contributed by atoms with Crippen LogP contribution in [0.2, 0.25) is 0 Å². The summed E-state index contributed by atoms with van der Waals surface area (Å²) in [6, 6.07) is 26.9. The molecule has 2 aliphatic rings. The van der Waals surface area contributed by atoms with Crippen LogP contribution in [0.3, 0.4) is 0 Å². The highest BCUT2D eigenvalue weighted by atomic mass is 31.1. The minimum absolute atomic E-state index is 0.147. The average Bonchev–Trinajstić information content (AvgIpc) is 3.18. The van der Waals surface area contributed by atoms with E-state index in [9.17, 15) is 35.1 Å². The van der Waals surface area contributed by atoms with Gasteiger partial charge in [0.05, 0.1) is 22.9 Å². The van der Waals surface area contributed by atoms with E-state index in [1.54, 1.807) is 60.7 Å². The van der Waals surface area contributed by atoms with Crippen molar-refractivity contribution >= 4 is 37.5 Å². The summed E-state index contributed by atoms with van der Waals surface area (Å²) in [6.07, 6.45) is -7.97. The van der Waals surface area contributed by atoms with Crippen LogP contribution in [0.5, 0.6) is 5.75 Å². The van der Waals surface area contributed by atoms with E-state index >= 15 is 0 Å². The van der Waals surface area contributed by atoms with Crippen molar-refractivity contribution in [2.45, 2.75) is 37.0 Å². The summed E-state index contributed by atoms with van der Waals surface area (Å²) in [5, 5.41) is -0.645. The van der Waals surface area contributed by atoms with E-state index < -0.39 is 99.8 Å². The fraction of sp³-hybridized carbons (Fsp3) is 0.163. The number of benzene rings is 6. The van der Waals surface area contributed by atoms with Crippen LogP contribution >= 0.6 is 16.3 Å². The van der Waals surface area contributed by atoms with Gasteiger partial charge in [0.1, 0.15) is 70.6 Å². The lowest BCUT2D eigenvalue weighted by Crippen LogP contribution is -2.64. The van der Waals surface area contributed by atoms with E-state index in [4.69, 9.17) is 28.0 Å². The molecule has 2 aliphatic heterocycles. The highest BCUT2D eigenvalue weighted by Crippen LogP contribution is 2.48. The number of ether oxygens (including phenoxy) is 4. The third-order valence-corrected chi connectivity index (χ3v) is 12.9. The van der Waals surface area contributed by atoms with Crippen LogP contribution in [-0.4, -0.2) is 37.3 Å². The molecular weight excluding hydrogens is 826 g/mol. The summed E-state index contributed by atoms with van der Waals surface area (Å²) in [6.45, 7) is -0.147. The zero-order chi connectivity index (χ0) is 41.2. The Bertz CT molecular complexity index is 2230. The lowest BCUT2D eigenvalue weighted by Gasteiger charge is -2.50. The lowest BCUT2D eigenvalue weighted by molar-refractivity contribution is -0.342. The van der Waals surface area contributed by atoms with Crippen LogP contribution in [0.15, 0.2) is 133 Å². The molecule has 6 aromatic carbocycles. The van der Waals surface area contributed by atoms with Gasteiger partial charge in [0, 0.05) is 51.0 Å². The van der Waals surface area contributed by atoms with Gasteiger partial charge in [-0.1, -0.05) is 48.5 Å². The SMILES string of the molecule is Fc1cc(F)cc(P(OC2C(Oc3ccccc3)OC3COC(c4ccccc4)OC3C2OP(c2cc(F)cc(F)c2)c2cc(F)cc(F)c2)c2cc(F)cc(F)c2)c1. The molecule has 8 rings (SSSR count). The van der Waals surface area contributed by atoms with Gasteiger partial charge in [0.25, 0.3) is 0 Å². The maximum absolute atomic E-state index is 14.9. The van der Waals surface area contributed by atoms with Crippen molar-refractivity contribution in [3.63, 3.8) is 0 Å². The molecule has 6 atom stereocenters. The number of hydrogen-bond acceptors (Lipinski definition) is 6. The maximum Gasteiger partial charge on any atom is 0.229 e. The van der Waals surface area contributed by atoms with Crippen LogP contribution in [0.25, 0.3) is 0 Å². The molecule has 0 aliphatic carbocycles. The Hall–Kier alpha value is -4.78. The van der Waals surface area contributed by atoms with E-state index in [2.05, 4.69) is 0 Å². The Morgan fingerprint density at radius 1 is 0.458 bits per heavy atom. The monoisotopic (exact) mass is 856 g/mol. The van der Waals surface area contributed by atoms with Crippen molar-refractivity contribution in [2.24, 2.45) is 0 Å². The first-order chi connectivity index (χ1) is 28.4. The van der Waals surface area contributed by atoms with E-state index in [0.29, 0.717) is 29.8 Å². The first-order valence-electron chi connectivity index (χ1n) is 17.9. The summed E-state index contributed by atoms with van der Waals surface area (Å²) < 4.78 is 158. The fourth-order valence-electron chi connectivity index (χ4n) is 6.70. The normalized spacial score (nSPS) is 21.7. The van der Waals surface area contributed by atoms with Crippen molar-refractivity contribution in [3.05, 3.63) is 186 Å². The van der Waals surface area contributed by atoms with Gasteiger partial charge >= 0.3 is 0 Å². The summed E-state index contributed by atoms with van der Waals surface area (Å²) in [4.78, 5) is 0. The van der Waals surface area contributed by atoms with Crippen molar-refractivity contribution in [2.75, 3.05) is 6.61 Å². The molecule has 0 aromatic heterocycles. The molecule has 2 heterocycles. The second-order valence-corrected chi connectivity index (χ2v) is 17.1. The van der Waals surface area contributed by atoms with Crippen molar-refractivity contribution in [1.29, 1.82) is 0 Å². The van der Waals surface area contributed by atoms with E-state index in [-0.39, 0.29) is 33.6 Å². The summed E-state index contributed by atoms with van der Waals surface area (Å²) in [7, 11) is -5.22. The highest BCUT2D eigenvalue weighted by molar-refractivity contribution is 7.69. The standard InChI is InChI=1S/C43H30F8O6P2/c44-25-11-26(45)16-34(15-25)58(35-17-27(46)12-28(47)18-35)56-40-39-38(23-52-42(55-39)24-7-3-1-4-8-24)54-43(53-33-9-5-2-6-10-33)41(40)57-59(36-19-29(48)13-30(49)20-36)37-21-31(50)14-32(51)22-37/h1-22,38-43H,23H2. The zero-order valence-electron chi connectivity index (χ0n) is 30.2.